The lowest BCUT2D eigenvalue weighted by atomic mass is 10.1. The highest BCUT2D eigenvalue weighted by Gasteiger charge is 2.03. The lowest BCUT2D eigenvalue weighted by Crippen LogP contribution is -2.25. The Morgan fingerprint density at radius 2 is 1.64 bits per heavy atom. The van der Waals surface area contributed by atoms with Gasteiger partial charge < -0.3 is 14.9 Å². The van der Waals surface area contributed by atoms with E-state index in [1.165, 1.54) is 0 Å². The molecular formula is C8H15NO2. The van der Waals surface area contributed by atoms with Crippen molar-refractivity contribution in [1.29, 1.82) is 0 Å². The molecule has 0 aliphatic carbocycles. The molecule has 0 bridgehead atoms. The van der Waals surface area contributed by atoms with E-state index in [0.717, 1.165) is 25.4 Å². The second-order valence-corrected chi connectivity index (χ2v) is 2.47. The van der Waals surface area contributed by atoms with E-state index in [-0.39, 0.29) is 0 Å². The molecule has 0 unspecified atom stereocenters. The minimum Gasteiger partial charge on any atom is -0.317 e. The topological polar surface area (TPSA) is 46.2 Å². The van der Waals surface area contributed by atoms with Gasteiger partial charge in [0.25, 0.3) is 0 Å². The van der Waals surface area contributed by atoms with Crippen molar-refractivity contribution in [3.8, 4) is 0 Å². The number of carbonyl (C=O) groups excluding carboxylic acids is 2. The fourth-order valence-corrected chi connectivity index (χ4v) is 0.971. The van der Waals surface area contributed by atoms with Crippen molar-refractivity contribution in [2.75, 3.05) is 7.05 Å². The monoisotopic (exact) mass is 157 g/mol. The van der Waals surface area contributed by atoms with Gasteiger partial charge in [-0.15, -0.1) is 0 Å². The van der Waals surface area contributed by atoms with E-state index in [1.54, 1.807) is 0 Å². The van der Waals surface area contributed by atoms with E-state index in [9.17, 15) is 9.59 Å². The van der Waals surface area contributed by atoms with Gasteiger partial charge in [-0.2, -0.15) is 0 Å². The molecule has 0 amide bonds. The van der Waals surface area contributed by atoms with Gasteiger partial charge in [0.2, 0.25) is 0 Å². The number of hydrogen-bond acceptors (Lipinski definition) is 3. The lowest BCUT2D eigenvalue weighted by molar-refractivity contribution is -0.108. The highest BCUT2D eigenvalue weighted by Crippen LogP contribution is 2.01. The Kier molecular flexibility index (Phi) is 6.94. The van der Waals surface area contributed by atoms with Crippen molar-refractivity contribution in [3.05, 3.63) is 0 Å². The predicted molar refractivity (Wildman–Crippen MR) is 43.4 cm³/mol. The summed E-state index contributed by atoms with van der Waals surface area (Å²) < 4.78 is 0. The Morgan fingerprint density at radius 3 is 1.91 bits per heavy atom. The zero-order chi connectivity index (χ0) is 8.53. The van der Waals surface area contributed by atoms with E-state index < -0.39 is 0 Å². The smallest absolute Gasteiger partial charge is 0.120 e. The Bertz CT molecular complexity index is 103. The largest absolute Gasteiger partial charge is 0.317 e. The minimum atomic E-state index is 0.311. The zero-order valence-corrected chi connectivity index (χ0v) is 6.88. The van der Waals surface area contributed by atoms with Crippen LogP contribution in [-0.4, -0.2) is 25.7 Å². The molecule has 0 aliphatic heterocycles. The molecule has 1 N–H and O–H groups in total. The number of rotatable bonds is 7. The molecule has 0 aromatic rings. The van der Waals surface area contributed by atoms with Crippen LogP contribution in [0, 0.1) is 0 Å². The highest BCUT2D eigenvalue weighted by atomic mass is 16.1. The number of nitrogens with one attached hydrogen (secondary N) is 1. The third kappa shape index (κ3) is 5.73. The summed E-state index contributed by atoms with van der Waals surface area (Å²) in [5.74, 6) is 0. The van der Waals surface area contributed by atoms with Gasteiger partial charge in [0.05, 0.1) is 0 Å². The minimum absolute atomic E-state index is 0.311. The highest BCUT2D eigenvalue weighted by molar-refractivity contribution is 5.50. The summed E-state index contributed by atoms with van der Waals surface area (Å²) in [6, 6.07) is 0.311. The van der Waals surface area contributed by atoms with Gasteiger partial charge in [-0.05, 0) is 19.9 Å². The van der Waals surface area contributed by atoms with Crippen molar-refractivity contribution >= 4 is 12.6 Å². The maximum atomic E-state index is 10.0. The zero-order valence-electron chi connectivity index (χ0n) is 6.88. The molecule has 0 aromatic heterocycles. The number of carbonyl (C=O) groups is 2. The molecule has 0 rings (SSSR count). The van der Waals surface area contributed by atoms with Crippen LogP contribution in [0.2, 0.25) is 0 Å². The lowest BCUT2D eigenvalue weighted by Gasteiger charge is -2.11. The van der Waals surface area contributed by atoms with Crippen LogP contribution in [0.25, 0.3) is 0 Å². The first-order valence-corrected chi connectivity index (χ1v) is 3.89. The quantitative estimate of drug-likeness (QED) is 0.548. The van der Waals surface area contributed by atoms with Gasteiger partial charge in [0, 0.05) is 18.9 Å². The van der Waals surface area contributed by atoms with E-state index in [0.29, 0.717) is 18.9 Å². The molecular weight excluding hydrogens is 142 g/mol. The van der Waals surface area contributed by atoms with Crippen molar-refractivity contribution in [1.82, 2.24) is 5.32 Å². The normalized spacial score (nSPS) is 10.0. The van der Waals surface area contributed by atoms with E-state index in [2.05, 4.69) is 5.32 Å². The van der Waals surface area contributed by atoms with Gasteiger partial charge in [-0.25, -0.2) is 0 Å². The number of aldehydes is 2. The van der Waals surface area contributed by atoms with Crippen LogP contribution >= 0.6 is 0 Å². The molecule has 0 aliphatic rings. The van der Waals surface area contributed by atoms with Crippen LogP contribution in [0.3, 0.4) is 0 Å². The molecule has 0 heterocycles. The second-order valence-electron chi connectivity index (χ2n) is 2.47. The summed E-state index contributed by atoms with van der Waals surface area (Å²) >= 11 is 0. The maximum Gasteiger partial charge on any atom is 0.120 e. The Labute approximate surface area is 67.2 Å². The van der Waals surface area contributed by atoms with Crippen molar-refractivity contribution in [2.45, 2.75) is 31.7 Å². The third-order valence-corrected chi connectivity index (χ3v) is 1.67. The Balaban J connectivity index is 3.39. The summed E-state index contributed by atoms with van der Waals surface area (Å²) in [5.41, 5.74) is 0. The molecule has 0 radical (unpaired) electrons. The summed E-state index contributed by atoms with van der Waals surface area (Å²) in [5, 5.41) is 3.05. The van der Waals surface area contributed by atoms with Crippen LogP contribution in [0.1, 0.15) is 25.7 Å². The molecule has 3 nitrogen and oxygen atoms in total. The average molecular weight is 157 g/mol. The number of hydrogen-bond donors (Lipinski definition) is 1. The summed E-state index contributed by atoms with van der Waals surface area (Å²) in [6.45, 7) is 0. The molecule has 11 heavy (non-hydrogen) atoms. The van der Waals surface area contributed by atoms with Crippen molar-refractivity contribution in [3.63, 3.8) is 0 Å². The first-order chi connectivity index (χ1) is 5.35. The van der Waals surface area contributed by atoms with Crippen LogP contribution in [0.4, 0.5) is 0 Å². The molecule has 0 fully saturated rings. The van der Waals surface area contributed by atoms with Crippen LogP contribution in [0.5, 0.6) is 0 Å². The standard InChI is InChI=1S/C8H15NO2/c1-9-8(4-2-6-10)5-3-7-11/h6-9H,2-5H2,1H3. The second kappa shape index (κ2) is 7.41. The van der Waals surface area contributed by atoms with Crippen molar-refractivity contribution in [2.24, 2.45) is 0 Å². The van der Waals surface area contributed by atoms with Gasteiger partial charge >= 0.3 is 0 Å². The average Bonchev–Trinajstić information content (AvgIpc) is 2.05. The van der Waals surface area contributed by atoms with Gasteiger partial charge in [0.15, 0.2) is 0 Å². The third-order valence-electron chi connectivity index (χ3n) is 1.67. The summed E-state index contributed by atoms with van der Waals surface area (Å²) in [7, 11) is 1.85. The summed E-state index contributed by atoms with van der Waals surface area (Å²) in [6.07, 6.45) is 4.62. The maximum absolute atomic E-state index is 10.0. The molecule has 0 spiro atoms. The summed E-state index contributed by atoms with van der Waals surface area (Å²) in [4.78, 5) is 20.0. The van der Waals surface area contributed by atoms with Gasteiger partial charge in [-0.1, -0.05) is 0 Å². The molecule has 0 aromatic carbocycles. The van der Waals surface area contributed by atoms with Crippen LogP contribution in [0.15, 0.2) is 0 Å². The molecule has 0 atom stereocenters. The predicted octanol–water partition coefficient (Wildman–Crippen LogP) is 0.533. The Hall–Kier alpha value is -0.700. The fourth-order valence-electron chi connectivity index (χ4n) is 0.971. The first kappa shape index (κ1) is 10.3. The van der Waals surface area contributed by atoms with Crippen LogP contribution in [-0.2, 0) is 9.59 Å². The fraction of sp³-hybridized carbons (Fsp3) is 0.750. The molecule has 0 saturated heterocycles. The SMILES string of the molecule is CNC(CCC=O)CCC=O. The van der Waals surface area contributed by atoms with Crippen molar-refractivity contribution < 1.29 is 9.59 Å². The van der Waals surface area contributed by atoms with E-state index >= 15 is 0 Å². The molecule has 0 saturated carbocycles. The molecule has 64 valence electrons. The van der Waals surface area contributed by atoms with E-state index in [1.807, 2.05) is 7.05 Å². The Morgan fingerprint density at radius 1 is 1.18 bits per heavy atom. The first-order valence-electron chi connectivity index (χ1n) is 3.89. The molecule has 3 heteroatoms. The van der Waals surface area contributed by atoms with Crippen LogP contribution < -0.4 is 5.32 Å². The van der Waals surface area contributed by atoms with Gasteiger partial charge in [-0.3, -0.25) is 0 Å². The van der Waals surface area contributed by atoms with E-state index in [4.69, 9.17) is 0 Å². The van der Waals surface area contributed by atoms with Gasteiger partial charge in [0.1, 0.15) is 12.6 Å².